The molecule has 0 fully saturated rings. The molecule has 0 spiro atoms. The summed E-state index contributed by atoms with van der Waals surface area (Å²) in [5.74, 6) is 0.173. The summed E-state index contributed by atoms with van der Waals surface area (Å²) in [5.41, 5.74) is 6.23. The number of aromatic amines is 1. The molecule has 140 valence electrons. The maximum absolute atomic E-state index is 12.6. The minimum Gasteiger partial charge on any atom is -0.353 e. The van der Waals surface area contributed by atoms with Crippen LogP contribution in [0, 0.1) is 19.8 Å². The van der Waals surface area contributed by atoms with Gasteiger partial charge in [0.05, 0.1) is 16.3 Å². The number of aryl methyl sites for hydroxylation is 3. The molecule has 0 amide bonds. The smallest absolute Gasteiger partial charge is 0.276 e. The van der Waals surface area contributed by atoms with Gasteiger partial charge in [0.1, 0.15) is 0 Å². The zero-order chi connectivity index (χ0) is 19.2. The van der Waals surface area contributed by atoms with Crippen molar-refractivity contribution in [3.63, 3.8) is 0 Å². The molecule has 1 aliphatic carbocycles. The first-order chi connectivity index (χ1) is 12.9. The molecule has 3 aromatic rings. The highest BCUT2D eigenvalue weighted by Gasteiger charge is 2.27. The summed E-state index contributed by atoms with van der Waals surface area (Å²) >= 11 is 0. The van der Waals surface area contributed by atoms with Crippen molar-refractivity contribution in [3.05, 3.63) is 64.8 Å². The number of fused-ring (bicyclic) bond motifs is 3. The van der Waals surface area contributed by atoms with E-state index in [-0.39, 0.29) is 10.8 Å². The molecule has 2 aromatic carbocycles. The Labute approximate surface area is 159 Å². The Bertz CT molecular complexity index is 1140. The molecular weight excluding hydrogens is 358 g/mol. The average Bonchev–Trinajstić information content (AvgIpc) is 3.01. The van der Waals surface area contributed by atoms with Crippen LogP contribution in [0.4, 0.5) is 0 Å². The Morgan fingerprint density at radius 3 is 2.59 bits per heavy atom. The number of hydrogen-bond acceptors (Lipinski definition) is 3. The summed E-state index contributed by atoms with van der Waals surface area (Å²) in [6.07, 6.45) is 1.91. The molecule has 2 N–H and O–H groups in total. The zero-order valence-corrected chi connectivity index (χ0v) is 16.5. The van der Waals surface area contributed by atoms with Crippen LogP contribution < -0.4 is 4.83 Å². The van der Waals surface area contributed by atoms with Crippen molar-refractivity contribution in [2.24, 2.45) is 11.0 Å². The van der Waals surface area contributed by atoms with Gasteiger partial charge < -0.3 is 4.98 Å². The van der Waals surface area contributed by atoms with Gasteiger partial charge in [0.25, 0.3) is 10.0 Å². The Morgan fingerprint density at radius 1 is 1.11 bits per heavy atom. The second-order valence-corrected chi connectivity index (χ2v) is 8.98. The normalized spacial score (nSPS) is 18.6. The third kappa shape index (κ3) is 3.14. The van der Waals surface area contributed by atoms with Gasteiger partial charge in [0.15, 0.2) is 0 Å². The van der Waals surface area contributed by atoms with E-state index in [1.54, 1.807) is 24.3 Å². The van der Waals surface area contributed by atoms with Crippen molar-refractivity contribution >= 4 is 26.6 Å². The van der Waals surface area contributed by atoms with E-state index < -0.39 is 10.0 Å². The van der Waals surface area contributed by atoms with Gasteiger partial charge in [-0.3, -0.25) is 0 Å². The van der Waals surface area contributed by atoms with Gasteiger partial charge >= 0.3 is 0 Å². The second-order valence-electron chi connectivity index (χ2n) is 7.32. The number of H-pyrrole nitrogens is 1. The average molecular weight is 382 g/mol. The fourth-order valence-corrected chi connectivity index (χ4v) is 4.51. The second kappa shape index (κ2) is 6.53. The van der Waals surface area contributed by atoms with Crippen molar-refractivity contribution in [1.82, 2.24) is 9.82 Å². The summed E-state index contributed by atoms with van der Waals surface area (Å²) in [4.78, 5) is 6.13. The predicted octanol–water partition coefficient (Wildman–Crippen LogP) is 4.05. The van der Waals surface area contributed by atoms with Crippen molar-refractivity contribution in [3.8, 4) is 0 Å². The molecule has 1 heterocycles. The number of rotatable bonds is 3. The fraction of sp³-hybridized carbons (Fsp3) is 0.286. The van der Waals surface area contributed by atoms with E-state index in [1.807, 2.05) is 6.92 Å². The fourth-order valence-electron chi connectivity index (χ4n) is 3.69. The molecule has 6 heteroatoms. The number of para-hydroxylation sites is 1. The Hall–Kier alpha value is -2.60. The third-order valence-corrected chi connectivity index (χ3v) is 6.54. The van der Waals surface area contributed by atoms with Gasteiger partial charge in [-0.25, -0.2) is 0 Å². The lowest BCUT2D eigenvalue weighted by atomic mass is 9.86. The Kier molecular flexibility index (Phi) is 4.30. The van der Waals surface area contributed by atoms with Crippen molar-refractivity contribution < 1.29 is 8.42 Å². The van der Waals surface area contributed by atoms with Crippen LogP contribution in [-0.2, 0) is 16.4 Å². The number of sulfonamides is 1. The lowest BCUT2D eigenvalue weighted by Gasteiger charge is -2.21. The number of nitrogens with zero attached hydrogens (tertiary/aromatic N) is 1. The molecule has 0 saturated carbocycles. The molecule has 5 nitrogen and oxygen atoms in total. The van der Waals surface area contributed by atoms with Crippen LogP contribution in [0.25, 0.3) is 10.9 Å². The molecule has 1 aromatic heterocycles. The van der Waals surface area contributed by atoms with Crippen LogP contribution in [0.2, 0.25) is 0 Å². The van der Waals surface area contributed by atoms with E-state index in [2.05, 4.69) is 47.0 Å². The van der Waals surface area contributed by atoms with Crippen molar-refractivity contribution in [2.75, 3.05) is 0 Å². The van der Waals surface area contributed by atoms with Gasteiger partial charge in [-0.2, -0.15) is 18.4 Å². The maximum Gasteiger partial charge on any atom is 0.276 e. The predicted molar refractivity (Wildman–Crippen MR) is 109 cm³/mol. The van der Waals surface area contributed by atoms with E-state index in [0.29, 0.717) is 0 Å². The highest BCUT2D eigenvalue weighted by atomic mass is 32.2. The highest BCUT2D eigenvalue weighted by molar-refractivity contribution is 7.89. The minimum atomic E-state index is -3.69. The topological polar surface area (TPSA) is 74.3 Å². The van der Waals surface area contributed by atoms with Gasteiger partial charge in [-0.1, -0.05) is 42.8 Å². The first-order valence-electron chi connectivity index (χ1n) is 9.13. The zero-order valence-electron chi connectivity index (χ0n) is 15.7. The Balaban J connectivity index is 1.75. The molecule has 1 atom stereocenters. The molecule has 0 aliphatic heterocycles. The molecule has 0 bridgehead atoms. The van der Waals surface area contributed by atoms with Crippen LogP contribution in [-0.4, -0.2) is 19.1 Å². The number of nitrogens with one attached hydrogen (secondary N) is 2. The minimum absolute atomic E-state index is 0.173. The van der Waals surface area contributed by atoms with Crippen LogP contribution in [0.3, 0.4) is 0 Å². The lowest BCUT2D eigenvalue weighted by Crippen LogP contribution is -2.26. The SMILES string of the molecule is Cc1ccc(S(=O)(=O)N/N=C2\c3[nH]c4c(C)cccc4c3CCC2C)cc1. The molecule has 0 radical (unpaired) electrons. The van der Waals surface area contributed by atoms with Crippen molar-refractivity contribution in [2.45, 2.75) is 38.5 Å². The van der Waals surface area contributed by atoms with Crippen LogP contribution in [0.1, 0.15) is 35.7 Å². The standard InChI is InChI=1S/C21H23N3O2S/c1-13-7-10-16(11-8-13)27(25,26)24-23-20-15(3)9-12-18-17-6-4-5-14(2)19(17)22-21(18)20/h4-8,10-11,15,22,24H,9,12H2,1-3H3/b23-20-. The third-order valence-electron chi connectivity index (χ3n) is 5.32. The summed E-state index contributed by atoms with van der Waals surface area (Å²) in [5, 5.41) is 5.55. The first-order valence-corrected chi connectivity index (χ1v) is 10.6. The van der Waals surface area contributed by atoms with Gasteiger partial charge in [-0.05, 0) is 49.9 Å². The molecule has 1 unspecified atom stereocenters. The summed E-state index contributed by atoms with van der Waals surface area (Å²) in [7, 11) is -3.69. The summed E-state index contributed by atoms with van der Waals surface area (Å²) < 4.78 is 25.2. The number of aromatic nitrogens is 1. The first kappa shape index (κ1) is 17.8. The molecule has 27 heavy (non-hydrogen) atoms. The van der Waals surface area contributed by atoms with Crippen molar-refractivity contribution in [1.29, 1.82) is 0 Å². The lowest BCUT2D eigenvalue weighted by molar-refractivity contribution is 0.583. The quantitative estimate of drug-likeness (QED) is 0.672. The van der Waals surface area contributed by atoms with Crippen LogP contribution in [0.15, 0.2) is 52.5 Å². The number of hydrazone groups is 1. The van der Waals surface area contributed by atoms with E-state index >= 15 is 0 Å². The van der Waals surface area contributed by atoms with Gasteiger partial charge in [-0.15, -0.1) is 0 Å². The van der Waals surface area contributed by atoms with Crippen LogP contribution in [0.5, 0.6) is 0 Å². The van der Waals surface area contributed by atoms with E-state index in [0.717, 1.165) is 35.3 Å². The van der Waals surface area contributed by atoms with E-state index in [9.17, 15) is 8.42 Å². The monoisotopic (exact) mass is 381 g/mol. The molecule has 4 rings (SSSR count). The largest absolute Gasteiger partial charge is 0.353 e. The van der Waals surface area contributed by atoms with Crippen LogP contribution >= 0.6 is 0 Å². The number of benzene rings is 2. The molecule has 1 aliphatic rings. The number of hydrogen-bond donors (Lipinski definition) is 2. The van der Waals surface area contributed by atoms with Gasteiger partial charge in [0.2, 0.25) is 0 Å². The van der Waals surface area contributed by atoms with E-state index in [1.165, 1.54) is 16.5 Å². The molecular formula is C21H23N3O2S. The van der Waals surface area contributed by atoms with Gasteiger partial charge in [0, 0.05) is 16.8 Å². The Morgan fingerprint density at radius 2 is 1.85 bits per heavy atom. The summed E-state index contributed by atoms with van der Waals surface area (Å²) in [6, 6.07) is 13.0. The summed E-state index contributed by atoms with van der Waals surface area (Å²) in [6.45, 7) is 6.08. The maximum atomic E-state index is 12.6. The van der Waals surface area contributed by atoms with E-state index in [4.69, 9.17) is 0 Å². The highest BCUT2D eigenvalue weighted by Crippen LogP contribution is 2.33. The molecule has 0 saturated heterocycles.